The van der Waals surface area contributed by atoms with Crippen LogP contribution in [0.1, 0.15) is 53.4 Å². The summed E-state index contributed by atoms with van der Waals surface area (Å²) in [5, 5.41) is 25.0. The Morgan fingerprint density at radius 1 is 0.871 bits per heavy atom. The Morgan fingerprint density at radius 3 is 1.52 bits per heavy atom. The van der Waals surface area contributed by atoms with E-state index in [4.69, 9.17) is 49.7 Å². The van der Waals surface area contributed by atoms with E-state index in [1.807, 2.05) is 0 Å². The topological polar surface area (TPSA) is 263 Å². The molecule has 0 fully saturated rings. The van der Waals surface area contributed by atoms with Gasteiger partial charge < -0.3 is 49.7 Å². The SMILES string of the molecule is C.CC(=O)[C@@H](N)CCCCN.CC(=O)[C@@H](N)CCCN=C(N)N.NC(CO)(CO)CO. The van der Waals surface area contributed by atoms with Crippen LogP contribution in [0.15, 0.2) is 4.99 Å². The molecule has 188 valence electrons. The largest absolute Gasteiger partial charge is 0.394 e. The van der Waals surface area contributed by atoms with E-state index < -0.39 is 25.4 Å². The summed E-state index contributed by atoms with van der Waals surface area (Å²) < 4.78 is 0. The summed E-state index contributed by atoms with van der Waals surface area (Å²) in [4.78, 5) is 25.0. The summed E-state index contributed by atoms with van der Waals surface area (Å²) in [6, 6.07) is -0.647. The number of aliphatic imine (C=N–C) groups is 1. The summed E-state index contributed by atoms with van der Waals surface area (Å²) in [5.74, 6) is 0.142. The summed E-state index contributed by atoms with van der Waals surface area (Å²) in [7, 11) is 0. The first-order valence-electron chi connectivity index (χ1n) is 9.79. The van der Waals surface area contributed by atoms with Gasteiger partial charge in [-0.15, -0.1) is 0 Å². The van der Waals surface area contributed by atoms with Gasteiger partial charge in [-0.2, -0.15) is 0 Å². The number of nitrogens with zero attached hydrogens (tertiary/aromatic N) is 1. The van der Waals surface area contributed by atoms with Crippen LogP contribution < -0.4 is 34.4 Å². The normalized spacial score (nSPS) is 12.0. The van der Waals surface area contributed by atoms with E-state index in [1.54, 1.807) is 0 Å². The number of carbonyl (C=O) groups excluding carboxylic acids is 2. The molecule has 15 N–H and O–H groups in total. The maximum Gasteiger partial charge on any atom is 0.185 e. The zero-order valence-electron chi connectivity index (χ0n) is 18.3. The molecule has 12 nitrogen and oxygen atoms in total. The fourth-order valence-electron chi connectivity index (χ4n) is 1.58. The van der Waals surface area contributed by atoms with Crippen molar-refractivity contribution in [1.82, 2.24) is 0 Å². The first-order chi connectivity index (χ1) is 13.9. The van der Waals surface area contributed by atoms with Crippen LogP contribution >= 0.6 is 0 Å². The van der Waals surface area contributed by atoms with Crippen LogP contribution in [0.3, 0.4) is 0 Å². The number of Topliss-reactive ketones (excluding diaryl/α,β-unsaturated/α-hetero) is 2. The Labute approximate surface area is 186 Å². The molecule has 0 amide bonds. The van der Waals surface area contributed by atoms with Gasteiger partial charge in [-0.1, -0.05) is 13.8 Å². The molecule has 0 rings (SSSR count). The van der Waals surface area contributed by atoms with Crippen LogP contribution in [0.4, 0.5) is 0 Å². The van der Waals surface area contributed by atoms with Crippen molar-refractivity contribution in [3.8, 4) is 0 Å². The standard InChI is InChI=1S/C7H16N4O.C7H16N2O.C4H11NO3.CH4/c1-5(12)6(8)3-2-4-11-7(9)10;1-6(10)7(9)4-2-3-5-8;5-4(1-6,2-7)3-8;/h6H,2-4,8H2,1H3,(H4,9,10,11);7H,2-5,8-9H2,1H3;6-8H,1-3,5H2;1H4/t6-;7-;;/m00../s1. The lowest BCUT2D eigenvalue weighted by Crippen LogP contribution is -2.50. The summed E-state index contributed by atoms with van der Waals surface area (Å²) in [6.45, 7) is 3.01. The predicted octanol–water partition coefficient (Wildman–Crippen LogP) is -2.72. The maximum atomic E-state index is 10.7. The summed E-state index contributed by atoms with van der Waals surface area (Å²) >= 11 is 0. The van der Waals surface area contributed by atoms with Crippen LogP contribution in [0.5, 0.6) is 0 Å². The third-order valence-corrected chi connectivity index (χ3v) is 3.93. The molecule has 0 bridgehead atoms. The fourth-order valence-corrected chi connectivity index (χ4v) is 1.58. The van der Waals surface area contributed by atoms with Gasteiger partial charge in [-0.3, -0.25) is 14.6 Å². The number of hydrogen-bond donors (Lipinski definition) is 9. The molecule has 0 aromatic heterocycles. The minimum absolute atomic E-state index is 0. The van der Waals surface area contributed by atoms with Gasteiger partial charge in [0.15, 0.2) is 5.96 Å². The molecule has 0 unspecified atom stereocenters. The fraction of sp³-hybridized carbons (Fsp3) is 0.842. The molecule has 0 saturated heterocycles. The Morgan fingerprint density at radius 2 is 1.26 bits per heavy atom. The van der Waals surface area contributed by atoms with Crippen molar-refractivity contribution in [3.63, 3.8) is 0 Å². The van der Waals surface area contributed by atoms with Gasteiger partial charge in [0, 0.05) is 6.54 Å². The molecule has 0 aliphatic rings. The average molecular weight is 454 g/mol. The average Bonchev–Trinajstić information content (AvgIpc) is 2.71. The Balaban J connectivity index is -0.000000177. The highest BCUT2D eigenvalue weighted by molar-refractivity contribution is 5.81. The van der Waals surface area contributed by atoms with E-state index in [-0.39, 0.29) is 37.0 Å². The van der Waals surface area contributed by atoms with Crippen molar-refractivity contribution < 1.29 is 24.9 Å². The van der Waals surface area contributed by atoms with E-state index in [0.29, 0.717) is 19.5 Å². The molecular weight excluding hydrogens is 406 g/mol. The van der Waals surface area contributed by atoms with Gasteiger partial charge in [-0.25, -0.2) is 0 Å². The Bertz CT molecular complexity index is 462. The van der Waals surface area contributed by atoms with E-state index in [0.717, 1.165) is 25.7 Å². The van der Waals surface area contributed by atoms with Crippen molar-refractivity contribution in [2.45, 2.75) is 71.0 Å². The number of carbonyl (C=O) groups is 2. The molecule has 0 saturated carbocycles. The molecule has 0 aromatic rings. The number of hydrogen-bond acceptors (Lipinski definition) is 10. The number of unbranched alkanes of at least 4 members (excludes halogenated alkanes) is 1. The summed E-state index contributed by atoms with van der Waals surface area (Å²) in [6.07, 6.45) is 4.05. The Hall–Kier alpha value is -1.67. The summed E-state index contributed by atoms with van der Waals surface area (Å²) in [5.41, 5.74) is 30.3. The lowest BCUT2D eigenvalue weighted by atomic mass is 10.1. The number of ketones is 2. The van der Waals surface area contributed by atoms with Crippen molar-refractivity contribution >= 4 is 17.5 Å². The van der Waals surface area contributed by atoms with Crippen LogP contribution in [-0.4, -0.2) is 83.4 Å². The monoisotopic (exact) mass is 453 g/mol. The molecule has 2 atom stereocenters. The second-order valence-electron chi connectivity index (χ2n) is 7.00. The molecule has 0 spiro atoms. The number of nitrogens with two attached hydrogens (primary N) is 6. The molecule has 0 radical (unpaired) electrons. The zero-order chi connectivity index (χ0) is 24.2. The van der Waals surface area contributed by atoms with Crippen molar-refractivity contribution in [3.05, 3.63) is 0 Å². The van der Waals surface area contributed by atoms with E-state index in [2.05, 4.69) is 4.99 Å². The smallest absolute Gasteiger partial charge is 0.185 e. The van der Waals surface area contributed by atoms with Crippen LogP contribution in [0.2, 0.25) is 0 Å². The highest BCUT2D eigenvalue weighted by atomic mass is 16.3. The van der Waals surface area contributed by atoms with Crippen LogP contribution in [0.25, 0.3) is 0 Å². The molecule has 12 heteroatoms. The molecular formula is C19H47N7O5. The lowest BCUT2D eigenvalue weighted by molar-refractivity contribution is -0.119. The van der Waals surface area contributed by atoms with Crippen molar-refractivity contribution in [2.24, 2.45) is 39.4 Å². The van der Waals surface area contributed by atoms with Crippen LogP contribution in [-0.2, 0) is 9.59 Å². The van der Waals surface area contributed by atoms with Crippen LogP contribution in [0, 0.1) is 0 Å². The number of aliphatic hydroxyl groups is 3. The third-order valence-electron chi connectivity index (χ3n) is 3.93. The highest BCUT2D eigenvalue weighted by Gasteiger charge is 2.20. The first kappa shape index (κ1) is 36.7. The van der Waals surface area contributed by atoms with Crippen molar-refractivity contribution in [2.75, 3.05) is 32.9 Å². The minimum Gasteiger partial charge on any atom is -0.394 e. The van der Waals surface area contributed by atoms with Gasteiger partial charge >= 0.3 is 0 Å². The molecule has 0 aromatic carbocycles. The zero-order valence-corrected chi connectivity index (χ0v) is 18.3. The van der Waals surface area contributed by atoms with Crippen molar-refractivity contribution in [1.29, 1.82) is 0 Å². The maximum absolute atomic E-state index is 10.7. The highest BCUT2D eigenvalue weighted by Crippen LogP contribution is 1.98. The minimum atomic E-state index is -1.21. The number of rotatable bonds is 13. The van der Waals surface area contributed by atoms with Gasteiger partial charge in [0.05, 0.1) is 37.4 Å². The molecule has 0 aliphatic carbocycles. The van der Waals surface area contributed by atoms with Gasteiger partial charge in [0.25, 0.3) is 0 Å². The number of aliphatic hydroxyl groups excluding tert-OH is 3. The molecule has 31 heavy (non-hydrogen) atoms. The third kappa shape index (κ3) is 26.3. The van der Waals surface area contributed by atoms with Gasteiger partial charge in [0.1, 0.15) is 11.6 Å². The molecule has 0 heterocycles. The first-order valence-corrected chi connectivity index (χ1v) is 9.79. The second-order valence-corrected chi connectivity index (χ2v) is 7.00. The van der Waals surface area contributed by atoms with Gasteiger partial charge in [0.2, 0.25) is 0 Å². The predicted molar refractivity (Wildman–Crippen MR) is 125 cm³/mol. The van der Waals surface area contributed by atoms with E-state index in [9.17, 15) is 9.59 Å². The second kappa shape index (κ2) is 23.0. The molecule has 0 aliphatic heterocycles. The number of guanidine groups is 1. The lowest BCUT2D eigenvalue weighted by Gasteiger charge is -2.20. The quantitative estimate of drug-likeness (QED) is 0.0785. The van der Waals surface area contributed by atoms with E-state index in [1.165, 1.54) is 13.8 Å². The van der Waals surface area contributed by atoms with Gasteiger partial charge in [-0.05, 0) is 46.1 Å². The Kier molecular flexibility index (Phi) is 27.2. The van der Waals surface area contributed by atoms with E-state index >= 15 is 0 Å².